The fourth-order valence-corrected chi connectivity index (χ4v) is 3.29. The number of benzene rings is 1. The summed E-state index contributed by atoms with van der Waals surface area (Å²) in [5.74, 6) is -0.445. The zero-order valence-corrected chi connectivity index (χ0v) is 13.4. The number of rotatable bonds is 4. The number of aryl methyl sites for hydroxylation is 1. The Morgan fingerprint density at radius 3 is 2.04 bits per heavy atom. The van der Waals surface area contributed by atoms with Crippen molar-refractivity contribution in [3.63, 3.8) is 0 Å². The van der Waals surface area contributed by atoms with E-state index in [1.165, 1.54) is 6.92 Å². The summed E-state index contributed by atoms with van der Waals surface area (Å²) in [6.07, 6.45) is -3.02. The summed E-state index contributed by atoms with van der Waals surface area (Å²) in [6, 6.07) is 0.994. The van der Waals surface area contributed by atoms with Crippen molar-refractivity contribution in [3.8, 4) is 0 Å². The minimum atomic E-state index is -4.90. The Morgan fingerprint density at radius 2 is 1.58 bits per heavy atom. The van der Waals surface area contributed by atoms with Crippen molar-refractivity contribution >= 4 is 10.0 Å². The third kappa shape index (κ3) is 3.70. The van der Waals surface area contributed by atoms with Gasteiger partial charge in [0.15, 0.2) is 0 Å². The largest absolute Gasteiger partial charge is 0.409 e. The summed E-state index contributed by atoms with van der Waals surface area (Å²) in [4.78, 5) is 6.91. The van der Waals surface area contributed by atoms with E-state index >= 15 is 0 Å². The second-order valence-electron chi connectivity index (χ2n) is 4.98. The van der Waals surface area contributed by atoms with E-state index in [-0.39, 0.29) is 10.1 Å². The third-order valence-corrected chi connectivity index (χ3v) is 5.07. The number of alkyl halides is 3. The van der Waals surface area contributed by atoms with Crippen molar-refractivity contribution in [2.24, 2.45) is 0 Å². The molecule has 0 spiro atoms. The fourth-order valence-electron chi connectivity index (χ4n) is 2.07. The Bertz CT molecular complexity index is 805. The molecule has 0 saturated heterocycles. The van der Waals surface area contributed by atoms with Crippen LogP contribution in [-0.4, -0.2) is 35.9 Å². The van der Waals surface area contributed by atoms with Crippen LogP contribution in [0.1, 0.15) is 17.4 Å². The average Bonchev–Trinajstić information content (AvgIpc) is 2.48. The summed E-state index contributed by atoms with van der Waals surface area (Å²) < 4.78 is 78.3. The minimum Gasteiger partial charge on any atom is -0.240 e. The molecule has 24 heavy (non-hydrogen) atoms. The number of sulfonamides is 1. The molecule has 0 aliphatic carbocycles. The molecule has 0 bridgehead atoms. The van der Waals surface area contributed by atoms with Gasteiger partial charge < -0.3 is 0 Å². The van der Waals surface area contributed by atoms with Crippen molar-refractivity contribution in [1.82, 2.24) is 14.3 Å². The first-order valence-electron chi connectivity index (χ1n) is 6.62. The summed E-state index contributed by atoms with van der Waals surface area (Å²) >= 11 is 0. The molecule has 0 aliphatic rings. The first kappa shape index (κ1) is 18.3. The first-order valence-corrected chi connectivity index (χ1v) is 8.06. The summed E-state index contributed by atoms with van der Waals surface area (Å²) in [5.41, 5.74) is -0.400. The Hall–Kier alpha value is -2.07. The van der Waals surface area contributed by atoms with Crippen LogP contribution in [0.4, 0.5) is 17.6 Å². The Kier molecular flexibility index (Phi) is 4.90. The van der Waals surface area contributed by atoms with Gasteiger partial charge in [-0.3, -0.25) is 0 Å². The van der Waals surface area contributed by atoms with E-state index in [0.717, 1.165) is 43.7 Å². The standard InChI is InChI=1S/C14H13F4N3O2S/c1-9-19-7-12(8-20-9)24(22,23)21(2)13(14(16,17)18)10-3-5-11(15)6-4-10/h3-8,13H,1-2H3/t13-/m1/s1. The molecule has 0 radical (unpaired) electrons. The maximum Gasteiger partial charge on any atom is 0.409 e. The molecule has 1 aromatic carbocycles. The molecular formula is C14H13F4N3O2S. The molecule has 1 aromatic heterocycles. The normalized spacial score (nSPS) is 14.0. The second-order valence-corrected chi connectivity index (χ2v) is 6.98. The minimum absolute atomic E-state index is 0.175. The molecule has 130 valence electrons. The van der Waals surface area contributed by atoms with E-state index in [9.17, 15) is 26.0 Å². The number of aromatic nitrogens is 2. The van der Waals surface area contributed by atoms with Crippen LogP contribution in [0.2, 0.25) is 0 Å². The molecule has 0 amide bonds. The predicted molar refractivity (Wildman–Crippen MR) is 76.9 cm³/mol. The number of nitrogens with zero attached hydrogens (tertiary/aromatic N) is 3. The molecule has 0 unspecified atom stereocenters. The monoisotopic (exact) mass is 363 g/mol. The maximum atomic E-state index is 13.4. The van der Waals surface area contributed by atoms with E-state index < -0.39 is 38.5 Å². The topological polar surface area (TPSA) is 63.2 Å². The van der Waals surface area contributed by atoms with Crippen LogP contribution >= 0.6 is 0 Å². The number of hydrogen-bond acceptors (Lipinski definition) is 4. The van der Waals surface area contributed by atoms with Gasteiger partial charge in [-0.2, -0.15) is 17.5 Å². The molecule has 2 rings (SSSR count). The summed E-state index contributed by atoms with van der Waals surface area (Å²) in [7, 11) is -3.70. The van der Waals surface area contributed by atoms with E-state index in [1.807, 2.05) is 0 Å². The lowest BCUT2D eigenvalue weighted by molar-refractivity contribution is -0.171. The lowest BCUT2D eigenvalue weighted by Gasteiger charge is -2.29. The smallest absolute Gasteiger partial charge is 0.240 e. The predicted octanol–water partition coefficient (Wildman–Crippen LogP) is 2.85. The molecule has 0 fully saturated rings. The van der Waals surface area contributed by atoms with Crippen molar-refractivity contribution < 1.29 is 26.0 Å². The Morgan fingerprint density at radius 1 is 1.08 bits per heavy atom. The van der Waals surface area contributed by atoms with Crippen molar-refractivity contribution in [3.05, 3.63) is 53.9 Å². The van der Waals surface area contributed by atoms with Crippen LogP contribution in [0.3, 0.4) is 0 Å². The van der Waals surface area contributed by atoms with E-state index in [1.54, 1.807) is 0 Å². The van der Waals surface area contributed by atoms with Crippen LogP contribution in [0, 0.1) is 12.7 Å². The van der Waals surface area contributed by atoms with E-state index in [0.29, 0.717) is 0 Å². The van der Waals surface area contributed by atoms with Crippen molar-refractivity contribution in [1.29, 1.82) is 0 Å². The number of hydrogen-bond donors (Lipinski definition) is 0. The van der Waals surface area contributed by atoms with Gasteiger partial charge in [-0.15, -0.1) is 0 Å². The van der Waals surface area contributed by atoms with Gasteiger partial charge >= 0.3 is 6.18 Å². The van der Waals surface area contributed by atoms with Crippen LogP contribution in [0.15, 0.2) is 41.6 Å². The third-order valence-electron chi connectivity index (χ3n) is 3.29. The van der Waals surface area contributed by atoms with Gasteiger partial charge in [0.2, 0.25) is 10.0 Å². The highest BCUT2D eigenvalue weighted by Gasteiger charge is 2.47. The van der Waals surface area contributed by atoms with E-state index in [4.69, 9.17) is 0 Å². The highest BCUT2D eigenvalue weighted by molar-refractivity contribution is 7.89. The van der Waals surface area contributed by atoms with Crippen molar-refractivity contribution in [2.75, 3.05) is 7.05 Å². The lowest BCUT2D eigenvalue weighted by Crippen LogP contribution is -2.39. The van der Waals surface area contributed by atoms with Crippen LogP contribution in [-0.2, 0) is 10.0 Å². The van der Waals surface area contributed by atoms with Gasteiger partial charge in [-0.25, -0.2) is 22.8 Å². The zero-order valence-electron chi connectivity index (χ0n) is 12.6. The molecule has 1 atom stereocenters. The summed E-state index contributed by atoms with van der Waals surface area (Å²) in [5, 5.41) is 0. The fraction of sp³-hybridized carbons (Fsp3) is 0.286. The molecule has 0 aliphatic heterocycles. The van der Waals surface area contributed by atoms with Crippen LogP contribution in [0.25, 0.3) is 0 Å². The highest BCUT2D eigenvalue weighted by atomic mass is 32.2. The van der Waals surface area contributed by atoms with Gasteiger partial charge in [0.1, 0.15) is 22.6 Å². The highest BCUT2D eigenvalue weighted by Crippen LogP contribution is 2.39. The van der Waals surface area contributed by atoms with Crippen LogP contribution in [0.5, 0.6) is 0 Å². The van der Waals surface area contributed by atoms with Gasteiger partial charge in [0, 0.05) is 7.05 Å². The van der Waals surface area contributed by atoms with Crippen LogP contribution < -0.4 is 0 Å². The quantitative estimate of drug-likeness (QED) is 0.784. The maximum absolute atomic E-state index is 13.4. The Labute approximate surface area is 136 Å². The first-order chi connectivity index (χ1) is 11.0. The molecule has 1 heterocycles. The van der Waals surface area contributed by atoms with Gasteiger partial charge in [0.05, 0.1) is 12.4 Å². The van der Waals surface area contributed by atoms with Gasteiger partial charge in [-0.1, -0.05) is 12.1 Å². The zero-order chi connectivity index (χ0) is 18.1. The van der Waals surface area contributed by atoms with Gasteiger partial charge in [-0.05, 0) is 24.6 Å². The SMILES string of the molecule is Cc1ncc(S(=O)(=O)N(C)[C@H](c2ccc(F)cc2)C(F)(F)F)cn1. The Balaban J connectivity index is 2.50. The molecule has 5 nitrogen and oxygen atoms in total. The number of halogens is 4. The van der Waals surface area contributed by atoms with Crippen molar-refractivity contribution in [2.45, 2.75) is 24.0 Å². The lowest BCUT2D eigenvalue weighted by atomic mass is 10.1. The molecule has 0 saturated carbocycles. The molecule has 10 heteroatoms. The molecule has 2 aromatic rings. The molecule has 0 N–H and O–H groups in total. The van der Waals surface area contributed by atoms with E-state index in [2.05, 4.69) is 9.97 Å². The van der Waals surface area contributed by atoms with Gasteiger partial charge in [0.25, 0.3) is 0 Å². The summed E-state index contributed by atoms with van der Waals surface area (Å²) in [6.45, 7) is 1.51. The molecular weight excluding hydrogens is 350 g/mol. The average molecular weight is 363 g/mol. The second kappa shape index (κ2) is 6.44.